The fraction of sp³-hybridized carbons (Fsp3) is 0.105. The topological polar surface area (TPSA) is 105 Å². The minimum Gasteiger partial charge on any atom is -0.479 e. The van der Waals surface area contributed by atoms with Gasteiger partial charge in [-0.3, -0.25) is 9.59 Å². The molecule has 0 aliphatic carbocycles. The molecule has 0 fully saturated rings. The summed E-state index contributed by atoms with van der Waals surface area (Å²) in [4.78, 5) is 34.6. The molecule has 0 radical (unpaired) electrons. The fourth-order valence-electron chi connectivity index (χ4n) is 2.11. The number of hydrogen-bond donors (Lipinski definition) is 3. The van der Waals surface area contributed by atoms with E-state index in [1.54, 1.807) is 36.4 Å². The molecule has 0 saturated carbocycles. The maximum absolute atomic E-state index is 12.4. The van der Waals surface area contributed by atoms with Gasteiger partial charge in [0.2, 0.25) is 5.91 Å². The molecule has 0 aliphatic heterocycles. The maximum Gasteiger partial charge on any atom is 0.328 e. The number of ether oxygens (including phenoxy) is 1. The van der Waals surface area contributed by atoms with Crippen LogP contribution in [0.4, 0.5) is 11.4 Å². The van der Waals surface area contributed by atoms with E-state index in [9.17, 15) is 14.4 Å². The highest BCUT2D eigenvalue weighted by atomic mass is 35.5. The van der Waals surface area contributed by atoms with Crippen LogP contribution >= 0.6 is 23.2 Å². The first-order valence-corrected chi connectivity index (χ1v) is 8.75. The van der Waals surface area contributed by atoms with Gasteiger partial charge < -0.3 is 20.5 Å². The van der Waals surface area contributed by atoms with Crippen molar-refractivity contribution in [1.29, 1.82) is 0 Å². The predicted molar refractivity (Wildman–Crippen MR) is 107 cm³/mol. The number of benzene rings is 2. The molecule has 0 aliphatic rings. The van der Waals surface area contributed by atoms with Gasteiger partial charge in [0.15, 0.2) is 6.10 Å². The maximum atomic E-state index is 12.4. The summed E-state index contributed by atoms with van der Waals surface area (Å²) in [5.41, 5.74) is 0.700. The second-order valence-corrected chi connectivity index (χ2v) is 6.44. The summed E-state index contributed by atoms with van der Waals surface area (Å²) in [7, 11) is 0. The normalized spacial score (nSPS) is 11.7. The van der Waals surface area contributed by atoms with Gasteiger partial charge in [-0.15, -0.1) is 0 Å². The minimum absolute atomic E-state index is 0.242. The first-order valence-electron chi connectivity index (χ1n) is 7.99. The molecule has 0 saturated heterocycles. The Morgan fingerprint density at radius 1 is 1.04 bits per heavy atom. The Morgan fingerprint density at radius 3 is 2.32 bits per heavy atom. The molecular formula is C19H16Cl2N2O5. The van der Waals surface area contributed by atoms with Gasteiger partial charge in [0, 0.05) is 27.9 Å². The van der Waals surface area contributed by atoms with Crippen molar-refractivity contribution in [2.45, 2.75) is 13.0 Å². The van der Waals surface area contributed by atoms with Crippen LogP contribution in [0.3, 0.4) is 0 Å². The van der Waals surface area contributed by atoms with Gasteiger partial charge in [-0.05, 0) is 37.3 Å². The zero-order valence-corrected chi connectivity index (χ0v) is 16.1. The molecule has 0 spiro atoms. The number of para-hydroxylation sites is 2. The Kier molecular flexibility index (Phi) is 7.43. The van der Waals surface area contributed by atoms with Crippen molar-refractivity contribution in [3.8, 4) is 5.75 Å². The van der Waals surface area contributed by atoms with E-state index in [1.165, 1.54) is 13.0 Å². The highest BCUT2D eigenvalue weighted by Gasteiger charge is 2.17. The third kappa shape index (κ3) is 6.61. The van der Waals surface area contributed by atoms with Crippen LogP contribution in [0.2, 0.25) is 10.0 Å². The first-order chi connectivity index (χ1) is 13.2. The van der Waals surface area contributed by atoms with E-state index in [4.69, 9.17) is 33.0 Å². The summed E-state index contributed by atoms with van der Waals surface area (Å²) in [6.07, 6.45) is 0.675. The molecule has 28 heavy (non-hydrogen) atoms. The monoisotopic (exact) mass is 422 g/mol. The summed E-state index contributed by atoms with van der Waals surface area (Å²) in [6.45, 7) is 1.53. The SMILES string of the molecule is CC(Oc1ccccc1NC(=O)/C=C/C(=O)O)C(=O)Nc1cc(Cl)cc(Cl)c1. The number of amides is 2. The number of carboxylic acid groups (broad SMARTS) is 1. The molecule has 3 N–H and O–H groups in total. The van der Waals surface area contributed by atoms with E-state index >= 15 is 0 Å². The molecule has 1 unspecified atom stereocenters. The molecule has 2 amide bonds. The number of carbonyl (C=O) groups excluding carboxylic acids is 2. The highest BCUT2D eigenvalue weighted by Crippen LogP contribution is 2.26. The Hall–Kier alpha value is -3.03. The highest BCUT2D eigenvalue weighted by molar-refractivity contribution is 6.35. The van der Waals surface area contributed by atoms with Crippen molar-refractivity contribution < 1.29 is 24.2 Å². The summed E-state index contributed by atoms with van der Waals surface area (Å²) < 4.78 is 5.63. The van der Waals surface area contributed by atoms with Crippen LogP contribution in [-0.2, 0) is 14.4 Å². The van der Waals surface area contributed by atoms with Crippen LogP contribution in [0, 0.1) is 0 Å². The van der Waals surface area contributed by atoms with Crippen LogP contribution in [-0.4, -0.2) is 29.0 Å². The average molecular weight is 423 g/mol. The Bertz CT molecular complexity index is 910. The molecule has 9 heteroatoms. The standard InChI is InChI=1S/C19H16Cl2N2O5/c1-11(19(27)22-14-9-12(20)8-13(21)10-14)28-16-5-3-2-4-15(16)23-17(24)6-7-18(25)26/h2-11H,1H3,(H,22,27)(H,23,24)(H,25,26)/b7-6+. The number of rotatable bonds is 7. The zero-order chi connectivity index (χ0) is 20.7. The van der Waals surface area contributed by atoms with Crippen molar-refractivity contribution in [2.24, 2.45) is 0 Å². The Labute approximate surface area is 170 Å². The number of nitrogens with one attached hydrogen (secondary N) is 2. The lowest BCUT2D eigenvalue weighted by Gasteiger charge is -2.17. The summed E-state index contributed by atoms with van der Waals surface area (Å²) >= 11 is 11.8. The van der Waals surface area contributed by atoms with E-state index in [1.807, 2.05) is 0 Å². The molecule has 2 aromatic rings. The predicted octanol–water partition coefficient (Wildman–Crippen LogP) is 3.98. The summed E-state index contributed by atoms with van der Waals surface area (Å²) in [5, 5.41) is 14.4. The van der Waals surface area contributed by atoms with Gasteiger partial charge in [-0.2, -0.15) is 0 Å². The third-order valence-electron chi connectivity index (χ3n) is 3.33. The number of hydrogen-bond acceptors (Lipinski definition) is 4. The van der Waals surface area contributed by atoms with Crippen molar-refractivity contribution in [2.75, 3.05) is 10.6 Å². The van der Waals surface area contributed by atoms with Crippen molar-refractivity contribution in [1.82, 2.24) is 0 Å². The third-order valence-corrected chi connectivity index (χ3v) is 3.76. The van der Waals surface area contributed by atoms with Crippen LogP contribution in [0.5, 0.6) is 5.75 Å². The van der Waals surface area contributed by atoms with E-state index in [-0.39, 0.29) is 11.4 Å². The van der Waals surface area contributed by atoms with Gasteiger partial charge >= 0.3 is 5.97 Å². The van der Waals surface area contributed by atoms with E-state index in [0.29, 0.717) is 21.8 Å². The number of carboxylic acids is 1. The Morgan fingerprint density at radius 2 is 1.68 bits per heavy atom. The number of carbonyl (C=O) groups is 3. The second kappa shape index (κ2) is 9.77. The molecule has 0 aromatic heterocycles. The number of aliphatic carboxylic acids is 1. The molecule has 0 heterocycles. The van der Waals surface area contributed by atoms with Gasteiger partial charge in [0.1, 0.15) is 5.75 Å². The number of halogens is 2. The smallest absolute Gasteiger partial charge is 0.328 e. The molecule has 1 atom stereocenters. The van der Waals surface area contributed by atoms with Gasteiger partial charge in [0.25, 0.3) is 5.91 Å². The summed E-state index contributed by atoms with van der Waals surface area (Å²) in [5.74, 6) is -2.10. The van der Waals surface area contributed by atoms with E-state index < -0.39 is 23.9 Å². The molecule has 146 valence electrons. The lowest BCUT2D eigenvalue weighted by molar-refractivity contribution is -0.131. The lowest BCUT2D eigenvalue weighted by Crippen LogP contribution is -2.30. The number of anilines is 2. The van der Waals surface area contributed by atoms with E-state index in [0.717, 1.165) is 6.08 Å². The van der Waals surface area contributed by atoms with Crippen molar-refractivity contribution in [3.05, 3.63) is 64.7 Å². The van der Waals surface area contributed by atoms with Gasteiger partial charge in [-0.1, -0.05) is 35.3 Å². The van der Waals surface area contributed by atoms with Crippen molar-refractivity contribution in [3.63, 3.8) is 0 Å². The van der Waals surface area contributed by atoms with Gasteiger partial charge in [0.05, 0.1) is 5.69 Å². The van der Waals surface area contributed by atoms with Crippen molar-refractivity contribution >= 4 is 52.4 Å². The fourth-order valence-corrected chi connectivity index (χ4v) is 2.63. The van der Waals surface area contributed by atoms with Crippen LogP contribution in [0.1, 0.15) is 6.92 Å². The largest absolute Gasteiger partial charge is 0.479 e. The molecule has 0 bridgehead atoms. The van der Waals surface area contributed by atoms with E-state index in [2.05, 4.69) is 10.6 Å². The molecular weight excluding hydrogens is 407 g/mol. The van der Waals surface area contributed by atoms with Gasteiger partial charge in [-0.25, -0.2) is 4.79 Å². The Balaban J connectivity index is 2.06. The molecule has 7 nitrogen and oxygen atoms in total. The van der Waals surface area contributed by atoms with Crippen LogP contribution in [0.15, 0.2) is 54.6 Å². The second-order valence-electron chi connectivity index (χ2n) is 5.56. The quantitative estimate of drug-likeness (QED) is 0.585. The van der Waals surface area contributed by atoms with Crippen LogP contribution in [0.25, 0.3) is 0 Å². The molecule has 2 aromatic carbocycles. The van der Waals surface area contributed by atoms with Crippen LogP contribution < -0.4 is 15.4 Å². The average Bonchev–Trinajstić information content (AvgIpc) is 2.60. The minimum atomic E-state index is -1.24. The zero-order valence-electron chi connectivity index (χ0n) is 14.6. The first kappa shape index (κ1) is 21.3. The lowest BCUT2D eigenvalue weighted by atomic mass is 10.2. The summed E-state index contributed by atoms with van der Waals surface area (Å²) in [6, 6.07) is 11.1. The molecule has 2 rings (SSSR count).